The zero-order valence-electron chi connectivity index (χ0n) is 24.5. The third-order valence-electron chi connectivity index (χ3n) is 9.68. The molecule has 2 aromatic heterocycles. The number of ether oxygens (including phenoxy) is 1. The van der Waals surface area contributed by atoms with Crippen LogP contribution in [-0.2, 0) is 18.3 Å². The number of benzene rings is 1. The van der Waals surface area contributed by atoms with Gasteiger partial charge >= 0.3 is 0 Å². The zero-order chi connectivity index (χ0) is 28.3. The van der Waals surface area contributed by atoms with Crippen LogP contribution in [0.25, 0.3) is 11.0 Å². The molecule has 41 heavy (non-hydrogen) atoms. The second-order valence-electron chi connectivity index (χ2n) is 12.2. The van der Waals surface area contributed by atoms with Crippen LogP contribution in [-0.4, -0.2) is 66.4 Å². The molecule has 8 heteroatoms. The molecule has 3 fully saturated rings. The number of hydrogen-bond acceptors (Lipinski definition) is 7. The summed E-state index contributed by atoms with van der Waals surface area (Å²) in [7, 11) is 3.85. The van der Waals surface area contributed by atoms with Gasteiger partial charge < -0.3 is 19.1 Å². The van der Waals surface area contributed by atoms with Gasteiger partial charge in [0.05, 0.1) is 24.4 Å². The number of hydrogen-bond donors (Lipinski definition) is 0. The highest BCUT2D eigenvalue weighted by atomic mass is 16.5. The zero-order valence-corrected chi connectivity index (χ0v) is 24.5. The predicted molar refractivity (Wildman–Crippen MR) is 163 cm³/mol. The molecular weight excluding hydrogens is 512 g/mol. The third kappa shape index (κ3) is 5.98. The fourth-order valence-electron chi connectivity index (χ4n) is 6.83. The predicted octanol–water partition coefficient (Wildman–Crippen LogP) is 4.69. The molecule has 1 aromatic carbocycles. The first-order valence-corrected chi connectivity index (χ1v) is 15.3. The van der Waals surface area contributed by atoms with Gasteiger partial charge in [0.25, 0.3) is 5.56 Å². The molecule has 3 aliphatic rings. The van der Waals surface area contributed by atoms with Crippen LogP contribution in [0.5, 0.6) is 0 Å². The van der Waals surface area contributed by atoms with Crippen molar-refractivity contribution in [1.82, 2.24) is 14.5 Å². The number of nitrogens with zero attached hydrogens (tertiary/aromatic N) is 6. The largest absolute Gasteiger partial charge is 0.379 e. The minimum Gasteiger partial charge on any atom is -0.379 e. The number of aryl methyl sites for hydroxylation is 1. The molecule has 1 saturated heterocycles. The molecule has 216 valence electrons. The Morgan fingerprint density at radius 3 is 2.37 bits per heavy atom. The maximum absolute atomic E-state index is 12.8. The first kappa shape index (κ1) is 27.7. The minimum absolute atomic E-state index is 0.0525. The van der Waals surface area contributed by atoms with E-state index in [9.17, 15) is 10.1 Å². The Labute approximate surface area is 243 Å². The molecule has 3 aromatic rings. The van der Waals surface area contributed by atoms with Gasteiger partial charge in [0, 0.05) is 64.1 Å². The van der Waals surface area contributed by atoms with Crippen molar-refractivity contribution < 1.29 is 4.74 Å². The SMILES string of the molecule is Cn1c(=O)cc(N(C)[C@H]2CC[C@H](N(CC3CCC3)c3ccc(CN4CCOCC4)cc3)CC2)c2nc(C#N)ccc21. The summed E-state index contributed by atoms with van der Waals surface area (Å²) in [5.74, 6) is 0.802. The lowest BCUT2D eigenvalue weighted by Gasteiger charge is -2.44. The number of aromatic nitrogens is 2. The lowest BCUT2D eigenvalue weighted by atomic mass is 9.83. The van der Waals surface area contributed by atoms with Crippen molar-refractivity contribution in [1.29, 1.82) is 5.26 Å². The van der Waals surface area contributed by atoms with E-state index in [0.717, 1.165) is 87.7 Å². The number of rotatable bonds is 8. The molecule has 0 bridgehead atoms. The molecule has 3 heterocycles. The molecule has 0 N–H and O–H groups in total. The number of anilines is 2. The average molecular weight is 555 g/mol. The highest BCUT2D eigenvalue weighted by Crippen LogP contribution is 2.36. The van der Waals surface area contributed by atoms with Crippen LogP contribution in [0.2, 0.25) is 0 Å². The van der Waals surface area contributed by atoms with Crippen LogP contribution in [0.3, 0.4) is 0 Å². The Morgan fingerprint density at radius 1 is 1.00 bits per heavy atom. The standard InChI is InChI=1S/C33H42N6O2/c1-36(31-20-32(40)37(2)30-15-8-26(21-34)35-33(30)31)27-11-13-29(14-12-27)39(23-24-4-3-5-24)28-9-6-25(7-10-28)22-38-16-18-41-19-17-38/h6-10,15,20,24,27,29H,3-5,11-14,16-19,22-23H2,1-2H3/t27-,29-. The van der Waals surface area contributed by atoms with E-state index in [4.69, 9.17) is 4.74 Å². The Morgan fingerprint density at radius 2 is 1.71 bits per heavy atom. The van der Waals surface area contributed by atoms with Crippen LogP contribution >= 0.6 is 0 Å². The average Bonchev–Trinajstić information content (AvgIpc) is 2.99. The molecule has 1 aliphatic heterocycles. The minimum atomic E-state index is -0.0525. The summed E-state index contributed by atoms with van der Waals surface area (Å²) < 4.78 is 7.13. The van der Waals surface area contributed by atoms with Crippen LogP contribution in [0, 0.1) is 17.2 Å². The van der Waals surface area contributed by atoms with Gasteiger partial charge in [-0.2, -0.15) is 5.26 Å². The monoisotopic (exact) mass is 554 g/mol. The van der Waals surface area contributed by atoms with E-state index in [1.807, 2.05) is 6.07 Å². The fourth-order valence-corrected chi connectivity index (χ4v) is 6.83. The lowest BCUT2D eigenvalue weighted by molar-refractivity contribution is 0.0342. The molecule has 8 nitrogen and oxygen atoms in total. The van der Waals surface area contributed by atoms with Crippen LogP contribution < -0.4 is 15.4 Å². The van der Waals surface area contributed by atoms with E-state index in [2.05, 4.69) is 57.1 Å². The Bertz CT molecular complexity index is 1440. The van der Waals surface area contributed by atoms with Gasteiger partial charge in [-0.25, -0.2) is 4.98 Å². The topological polar surface area (TPSA) is 77.6 Å². The molecule has 0 amide bonds. The molecule has 0 spiro atoms. The second kappa shape index (κ2) is 12.2. The van der Waals surface area contributed by atoms with Crippen LogP contribution in [0.4, 0.5) is 11.4 Å². The van der Waals surface area contributed by atoms with Crippen molar-refractivity contribution in [3.05, 3.63) is 64.1 Å². The van der Waals surface area contributed by atoms with Gasteiger partial charge in [0.1, 0.15) is 17.3 Å². The van der Waals surface area contributed by atoms with Gasteiger partial charge in [0.2, 0.25) is 0 Å². The van der Waals surface area contributed by atoms with Crippen molar-refractivity contribution in [2.75, 3.05) is 49.7 Å². The highest BCUT2D eigenvalue weighted by molar-refractivity contribution is 5.88. The molecule has 2 saturated carbocycles. The van der Waals surface area contributed by atoms with Gasteiger partial charge in [-0.1, -0.05) is 18.6 Å². The molecule has 0 atom stereocenters. The number of pyridine rings is 2. The van der Waals surface area contributed by atoms with E-state index in [1.54, 1.807) is 23.7 Å². The molecular formula is C33H42N6O2. The highest BCUT2D eigenvalue weighted by Gasteiger charge is 2.31. The van der Waals surface area contributed by atoms with E-state index in [1.165, 1.54) is 30.5 Å². The Kier molecular flexibility index (Phi) is 8.27. The summed E-state index contributed by atoms with van der Waals surface area (Å²) in [5, 5.41) is 9.44. The van der Waals surface area contributed by atoms with E-state index < -0.39 is 0 Å². The first-order valence-electron chi connectivity index (χ1n) is 15.3. The van der Waals surface area contributed by atoms with E-state index >= 15 is 0 Å². The number of morpholine rings is 1. The van der Waals surface area contributed by atoms with Crippen LogP contribution in [0.15, 0.2) is 47.3 Å². The normalized spacial score (nSPS) is 21.8. The molecule has 2 aliphatic carbocycles. The van der Waals surface area contributed by atoms with Crippen molar-refractivity contribution in [3.63, 3.8) is 0 Å². The van der Waals surface area contributed by atoms with Gasteiger partial charge in [-0.15, -0.1) is 0 Å². The number of nitriles is 1. The van der Waals surface area contributed by atoms with Gasteiger partial charge in [-0.3, -0.25) is 9.69 Å². The summed E-state index contributed by atoms with van der Waals surface area (Å²) in [6.45, 7) is 5.82. The number of fused-ring (bicyclic) bond motifs is 1. The fraction of sp³-hybridized carbons (Fsp3) is 0.545. The Hall–Kier alpha value is -3.41. The summed E-state index contributed by atoms with van der Waals surface area (Å²) in [6.07, 6.45) is 8.42. The summed E-state index contributed by atoms with van der Waals surface area (Å²) in [4.78, 5) is 24.8. The Balaban J connectivity index is 1.17. The van der Waals surface area contributed by atoms with E-state index in [0.29, 0.717) is 17.8 Å². The van der Waals surface area contributed by atoms with Gasteiger partial charge in [-0.05, 0) is 74.3 Å². The quantitative estimate of drug-likeness (QED) is 0.400. The third-order valence-corrected chi connectivity index (χ3v) is 9.68. The maximum Gasteiger partial charge on any atom is 0.252 e. The smallest absolute Gasteiger partial charge is 0.252 e. The summed E-state index contributed by atoms with van der Waals surface area (Å²) >= 11 is 0. The molecule has 0 radical (unpaired) electrons. The van der Waals surface area contributed by atoms with Gasteiger partial charge in [0.15, 0.2) is 0 Å². The summed E-state index contributed by atoms with van der Waals surface area (Å²) in [6, 6.07) is 17.5. The molecule has 0 unspecified atom stereocenters. The second-order valence-corrected chi connectivity index (χ2v) is 12.2. The van der Waals surface area contributed by atoms with Crippen molar-refractivity contribution >= 4 is 22.4 Å². The van der Waals surface area contributed by atoms with Crippen molar-refractivity contribution in [2.24, 2.45) is 13.0 Å². The van der Waals surface area contributed by atoms with Crippen LogP contribution in [0.1, 0.15) is 56.2 Å². The van der Waals surface area contributed by atoms with Crippen molar-refractivity contribution in [3.8, 4) is 6.07 Å². The van der Waals surface area contributed by atoms with Crippen molar-refractivity contribution in [2.45, 2.75) is 63.6 Å². The lowest BCUT2D eigenvalue weighted by Crippen LogP contribution is -2.46. The summed E-state index contributed by atoms with van der Waals surface area (Å²) in [5.41, 5.74) is 5.35. The van der Waals surface area contributed by atoms with E-state index in [-0.39, 0.29) is 5.56 Å². The maximum atomic E-state index is 12.8. The first-order chi connectivity index (χ1) is 20.0. The molecule has 6 rings (SSSR count).